The lowest BCUT2D eigenvalue weighted by molar-refractivity contribution is -0.128. The number of anilines is 1. The first-order valence-corrected chi connectivity index (χ1v) is 20.3. The lowest BCUT2D eigenvalue weighted by atomic mass is 9.86. The Labute approximate surface area is 312 Å². The highest BCUT2D eigenvalue weighted by atomic mass is 31.2. The summed E-state index contributed by atoms with van der Waals surface area (Å²) in [6.07, 6.45) is 5.49. The fourth-order valence-corrected chi connectivity index (χ4v) is 8.23. The molecule has 3 amide bonds. The van der Waals surface area contributed by atoms with Crippen LogP contribution in [0, 0.1) is 11.8 Å². The molecule has 1 fully saturated rings. The van der Waals surface area contributed by atoms with Crippen LogP contribution in [-0.4, -0.2) is 61.0 Å². The second-order valence-electron chi connectivity index (χ2n) is 14.4. The van der Waals surface area contributed by atoms with Crippen molar-refractivity contribution in [1.29, 1.82) is 0 Å². The molecule has 3 atom stereocenters. The van der Waals surface area contributed by atoms with Gasteiger partial charge < -0.3 is 30.3 Å². The number of hydrogen-bond acceptors (Lipinski definition) is 7. The van der Waals surface area contributed by atoms with Gasteiger partial charge in [-0.25, -0.2) is 9.88 Å². The number of aliphatic hydroxyl groups is 1. The van der Waals surface area contributed by atoms with E-state index in [2.05, 4.69) is 33.2 Å². The molecular weight excluding hydrogens is 691 g/mol. The number of hydrogen-bond donors (Lipinski definition) is 5. The summed E-state index contributed by atoms with van der Waals surface area (Å²) in [5.41, 5.74) is 6.56. The standard InChI is InChI=1S/C41H53N4O7P/c1-27(2)38(45-41(49)51-26-37-35-16-7-5-14-33(35)34-15-6-8-17-36(34)37)40(48)43-29(4)39(47)44-32-20-18-31(19-21-32)25-52-53(50,22-10-11-28(3)24-46)42-23-30-12-9-13-30/h5-8,11,14-21,27,29-30,37-38,46H,9-10,12-13,22-26H2,1-4H3,(H,42,50)(H,43,48)(H,44,47)(H,45,49)/b28-11+/t29-,38-,53?/m0/s1. The molecule has 0 aliphatic heterocycles. The minimum absolute atomic E-state index is 0.0337. The molecule has 2 aliphatic carbocycles. The van der Waals surface area contributed by atoms with Crippen LogP contribution in [0.15, 0.2) is 84.4 Å². The van der Waals surface area contributed by atoms with E-state index >= 15 is 0 Å². The molecule has 3 aromatic rings. The monoisotopic (exact) mass is 744 g/mol. The Morgan fingerprint density at radius 2 is 1.55 bits per heavy atom. The highest BCUT2D eigenvalue weighted by Gasteiger charge is 2.31. The number of carbonyl (C=O) groups is 3. The predicted octanol–water partition coefficient (Wildman–Crippen LogP) is 7.12. The van der Waals surface area contributed by atoms with Crippen molar-refractivity contribution >= 4 is 31.1 Å². The molecule has 0 heterocycles. The van der Waals surface area contributed by atoms with Crippen LogP contribution in [0.3, 0.4) is 0 Å². The maximum absolute atomic E-state index is 13.6. The minimum Gasteiger partial charge on any atom is -0.449 e. The number of rotatable bonds is 18. The lowest BCUT2D eigenvalue weighted by Gasteiger charge is -2.28. The Hall–Kier alpha value is -4.28. The number of carbonyl (C=O) groups excluding carboxylic acids is 3. The second-order valence-corrected chi connectivity index (χ2v) is 16.8. The molecule has 2 aliphatic rings. The van der Waals surface area contributed by atoms with Crippen LogP contribution < -0.4 is 21.0 Å². The molecule has 5 N–H and O–H groups in total. The fraction of sp³-hybridized carbons (Fsp3) is 0.439. The summed E-state index contributed by atoms with van der Waals surface area (Å²) in [6, 6.07) is 21.3. The third-order valence-corrected chi connectivity index (χ3v) is 12.0. The van der Waals surface area contributed by atoms with E-state index in [1.165, 1.54) is 6.42 Å². The number of fused-ring (bicyclic) bond motifs is 3. The van der Waals surface area contributed by atoms with Crippen LogP contribution in [0.1, 0.15) is 76.0 Å². The van der Waals surface area contributed by atoms with Gasteiger partial charge in [-0.05, 0) is 84.9 Å². The summed E-state index contributed by atoms with van der Waals surface area (Å²) < 4.78 is 25.3. The zero-order valence-corrected chi connectivity index (χ0v) is 32.0. The summed E-state index contributed by atoms with van der Waals surface area (Å²) in [5, 5.41) is 20.7. The zero-order chi connectivity index (χ0) is 38.0. The quantitative estimate of drug-likeness (QED) is 0.0682. The van der Waals surface area contributed by atoms with Crippen molar-refractivity contribution in [3.8, 4) is 11.1 Å². The molecule has 1 unspecified atom stereocenters. The van der Waals surface area contributed by atoms with E-state index in [9.17, 15) is 24.1 Å². The number of aliphatic hydroxyl groups excluding tert-OH is 1. The van der Waals surface area contributed by atoms with E-state index < -0.39 is 37.5 Å². The zero-order valence-electron chi connectivity index (χ0n) is 31.1. The van der Waals surface area contributed by atoms with Gasteiger partial charge in [-0.2, -0.15) is 0 Å². The molecule has 0 saturated heterocycles. The summed E-state index contributed by atoms with van der Waals surface area (Å²) in [4.78, 5) is 39.3. The van der Waals surface area contributed by atoms with Crippen molar-refractivity contribution in [2.24, 2.45) is 11.8 Å². The van der Waals surface area contributed by atoms with Crippen LogP contribution in [0.5, 0.6) is 0 Å². The third-order valence-electron chi connectivity index (χ3n) is 9.99. The smallest absolute Gasteiger partial charge is 0.407 e. The van der Waals surface area contributed by atoms with Gasteiger partial charge in [0.05, 0.1) is 13.2 Å². The van der Waals surface area contributed by atoms with Gasteiger partial charge in [0.2, 0.25) is 11.8 Å². The van der Waals surface area contributed by atoms with E-state index in [0.29, 0.717) is 30.7 Å². The van der Waals surface area contributed by atoms with Crippen LogP contribution in [0.2, 0.25) is 0 Å². The van der Waals surface area contributed by atoms with Gasteiger partial charge >= 0.3 is 6.09 Å². The van der Waals surface area contributed by atoms with Crippen molar-refractivity contribution < 1.29 is 33.3 Å². The number of ether oxygens (including phenoxy) is 1. The van der Waals surface area contributed by atoms with E-state index in [1.54, 1.807) is 31.2 Å². The van der Waals surface area contributed by atoms with Gasteiger partial charge in [0.25, 0.3) is 7.52 Å². The molecule has 284 valence electrons. The summed E-state index contributed by atoms with van der Waals surface area (Å²) >= 11 is 0. The molecule has 3 aromatic carbocycles. The Balaban J connectivity index is 1.09. The number of alkyl carbamates (subject to hydrolysis) is 1. The van der Waals surface area contributed by atoms with E-state index in [-0.39, 0.29) is 31.7 Å². The van der Waals surface area contributed by atoms with Gasteiger partial charge in [-0.15, -0.1) is 0 Å². The van der Waals surface area contributed by atoms with Crippen LogP contribution >= 0.6 is 7.52 Å². The van der Waals surface area contributed by atoms with Gasteiger partial charge in [-0.3, -0.25) is 14.2 Å². The van der Waals surface area contributed by atoms with Gasteiger partial charge in [0.1, 0.15) is 18.7 Å². The van der Waals surface area contributed by atoms with Gasteiger partial charge in [-0.1, -0.05) is 92.6 Å². The normalized spacial score (nSPS) is 16.5. The topological polar surface area (TPSA) is 155 Å². The Kier molecular flexibility index (Phi) is 14.1. The number of amides is 3. The third kappa shape index (κ3) is 10.9. The first kappa shape index (κ1) is 39.9. The predicted molar refractivity (Wildman–Crippen MR) is 208 cm³/mol. The maximum atomic E-state index is 13.6. The average molecular weight is 745 g/mol. The lowest BCUT2D eigenvalue weighted by Crippen LogP contribution is -2.53. The van der Waals surface area contributed by atoms with Crippen LogP contribution in [0.25, 0.3) is 11.1 Å². The molecule has 1 saturated carbocycles. The largest absolute Gasteiger partial charge is 0.449 e. The first-order chi connectivity index (χ1) is 25.5. The van der Waals surface area contributed by atoms with E-state index in [1.807, 2.05) is 63.2 Å². The maximum Gasteiger partial charge on any atom is 0.407 e. The van der Waals surface area contributed by atoms with E-state index in [4.69, 9.17) is 9.26 Å². The molecule has 0 spiro atoms. The van der Waals surface area contributed by atoms with Crippen molar-refractivity contribution in [2.45, 2.75) is 78.0 Å². The minimum atomic E-state index is -3.12. The molecular formula is C41H53N4O7P. The molecule has 0 aromatic heterocycles. The molecule has 0 radical (unpaired) electrons. The highest BCUT2D eigenvalue weighted by Crippen LogP contribution is 2.46. The van der Waals surface area contributed by atoms with Gasteiger partial charge in [0.15, 0.2) is 0 Å². The van der Waals surface area contributed by atoms with Crippen LogP contribution in [0.4, 0.5) is 10.5 Å². The SMILES string of the molecule is C/C(=C\CCP(=O)(NCC1CCC1)OCc1ccc(NC(=O)[C@H](C)NC(=O)[C@@H](NC(=O)OCC2c3ccccc3-c3ccccc32)C(C)C)cc1)CO. The number of benzene rings is 3. The number of allylic oxidation sites excluding steroid dienone is 1. The van der Waals surface area contributed by atoms with Crippen molar-refractivity contribution in [2.75, 3.05) is 31.2 Å². The summed E-state index contributed by atoms with van der Waals surface area (Å²) in [6.45, 7) is 7.90. The van der Waals surface area contributed by atoms with Crippen molar-refractivity contribution in [1.82, 2.24) is 15.7 Å². The summed E-state index contributed by atoms with van der Waals surface area (Å²) in [5.74, 6) is -0.793. The first-order valence-electron chi connectivity index (χ1n) is 18.5. The van der Waals surface area contributed by atoms with E-state index in [0.717, 1.165) is 46.2 Å². The highest BCUT2D eigenvalue weighted by molar-refractivity contribution is 7.56. The summed E-state index contributed by atoms with van der Waals surface area (Å²) in [7, 11) is -3.12. The Morgan fingerprint density at radius 3 is 2.13 bits per heavy atom. The number of nitrogens with one attached hydrogen (secondary N) is 4. The second kappa shape index (κ2) is 18.7. The Bertz CT molecular complexity index is 1760. The Morgan fingerprint density at radius 1 is 0.906 bits per heavy atom. The molecule has 5 rings (SSSR count). The van der Waals surface area contributed by atoms with Crippen molar-refractivity contribution in [3.63, 3.8) is 0 Å². The van der Waals surface area contributed by atoms with Crippen molar-refractivity contribution in [3.05, 3.63) is 101 Å². The molecule has 12 heteroatoms. The van der Waals surface area contributed by atoms with Crippen LogP contribution in [-0.2, 0) is 30.0 Å². The van der Waals surface area contributed by atoms with Gasteiger partial charge in [0, 0.05) is 24.3 Å². The molecule has 11 nitrogen and oxygen atoms in total. The average Bonchev–Trinajstić information content (AvgIpc) is 3.45. The molecule has 53 heavy (non-hydrogen) atoms. The fourth-order valence-electron chi connectivity index (χ4n) is 6.48. The molecule has 0 bridgehead atoms.